The van der Waals surface area contributed by atoms with Crippen LogP contribution in [0.4, 0.5) is 0 Å². The van der Waals surface area contributed by atoms with Gasteiger partial charge in [0, 0.05) is 12.3 Å². The second-order valence-electron chi connectivity index (χ2n) is 2.13. The molecule has 0 saturated carbocycles. The fraction of sp³-hybridized carbons (Fsp3) is 0.667. The molecule has 0 aliphatic rings. The Kier molecular flexibility index (Phi) is 4.61. The van der Waals surface area contributed by atoms with Crippen molar-refractivity contribution < 1.29 is 9.59 Å². The molecule has 0 aromatic carbocycles. The number of halogens is 1. The van der Waals surface area contributed by atoms with Gasteiger partial charge in [-0.3, -0.25) is 9.59 Å². The first-order valence-electron chi connectivity index (χ1n) is 3.22. The van der Waals surface area contributed by atoms with Crippen molar-refractivity contribution in [2.24, 2.45) is 5.73 Å². The predicted octanol–water partition coefficient (Wildman–Crippen LogP) is -0.395. The monoisotopic (exact) mass is 178 g/mol. The lowest BCUT2D eigenvalue weighted by atomic mass is 10.3. The summed E-state index contributed by atoms with van der Waals surface area (Å²) >= 11 is 5.28. The molecule has 0 fully saturated rings. The van der Waals surface area contributed by atoms with Gasteiger partial charge in [-0.25, -0.2) is 0 Å². The minimum atomic E-state index is -0.620. The molecule has 0 radical (unpaired) electrons. The van der Waals surface area contributed by atoms with Gasteiger partial charge in [-0.05, 0) is 6.92 Å². The van der Waals surface area contributed by atoms with Gasteiger partial charge in [0.15, 0.2) is 0 Å². The van der Waals surface area contributed by atoms with E-state index in [1.165, 1.54) is 6.92 Å². The summed E-state index contributed by atoms with van der Waals surface area (Å²) in [5, 5.41) is 2.38. The Balaban J connectivity index is 3.66. The number of hydrogen-bond donors (Lipinski definition) is 2. The van der Waals surface area contributed by atoms with E-state index in [1.807, 2.05) is 0 Å². The van der Waals surface area contributed by atoms with Crippen LogP contribution in [0, 0.1) is 0 Å². The molecular weight excluding hydrogens is 168 g/mol. The second-order valence-corrected chi connectivity index (χ2v) is 2.51. The molecule has 0 saturated heterocycles. The van der Waals surface area contributed by atoms with Crippen LogP contribution >= 0.6 is 11.6 Å². The standard InChI is InChI=1S/C6H11ClN2O2/c1-4(6(8)11)9-5(10)2-3-7/h4H,2-3H2,1H3,(H2,8,11)(H,9,10)/t4-/m1/s1. The van der Waals surface area contributed by atoms with Gasteiger partial charge in [-0.1, -0.05) is 0 Å². The van der Waals surface area contributed by atoms with E-state index in [2.05, 4.69) is 5.32 Å². The Morgan fingerprint density at radius 3 is 2.55 bits per heavy atom. The number of alkyl halides is 1. The van der Waals surface area contributed by atoms with Crippen molar-refractivity contribution in [2.45, 2.75) is 19.4 Å². The van der Waals surface area contributed by atoms with Gasteiger partial charge in [-0.2, -0.15) is 0 Å². The fourth-order valence-corrected chi connectivity index (χ4v) is 0.642. The number of nitrogens with two attached hydrogens (primary N) is 1. The molecule has 0 heterocycles. The minimum Gasteiger partial charge on any atom is -0.368 e. The summed E-state index contributed by atoms with van der Waals surface area (Å²) in [7, 11) is 0. The SMILES string of the molecule is C[C@@H](NC(=O)CCCl)C(N)=O. The van der Waals surface area contributed by atoms with Gasteiger partial charge in [0.1, 0.15) is 6.04 Å². The van der Waals surface area contributed by atoms with Crippen molar-refractivity contribution in [3.05, 3.63) is 0 Å². The molecule has 64 valence electrons. The number of primary amides is 1. The van der Waals surface area contributed by atoms with Crippen LogP contribution in [0.2, 0.25) is 0 Å². The number of nitrogens with one attached hydrogen (secondary N) is 1. The Labute approximate surface area is 70.1 Å². The number of carbonyl (C=O) groups excluding carboxylic acids is 2. The predicted molar refractivity (Wildman–Crippen MR) is 42.1 cm³/mol. The van der Waals surface area contributed by atoms with Crippen molar-refractivity contribution in [3.8, 4) is 0 Å². The molecule has 0 aromatic rings. The van der Waals surface area contributed by atoms with Crippen LogP contribution in [0.5, 0.6) is 0 Å². The van der Waals surface area contributed by atoms with Crippen LogP contribution in [0.25, 0.3) is 0 Å². The third-order valence-corrected chi connectivity index (χ3v) is 1.31. The lowest BCUT2D eigenvalue weighted by Crippen LogP contribution is -2.42. The average molecular weight is 179 g/mol. The zero-order chi connectivity index (χ0) is 8.85. The quantitative estimate of drug-likeness (QED) is 0.576. The molecule has 11 heavy (non-hydrogen) atoms. The van der Waals surface area contributed by atoms with Crippen molar-refractivity contribution in [2.75, 3.05) is 5.88 Å². The highest BCUT2D eigenvalue weighted by molar-refractivity contribution is 6.18. The summed E-state index contributed by atoms with van der Waals surface area (Å²) in [5.41, 5.74) is 4.89. The maximum Gasteiger partial charge on any atom is 0.239 e. The normalized spacial score (nSPS) is 12.2. The van der Waals surface area contributed by atoms with E-state index in [1.54, 1.807) is 0 Å². The van der Waals surface area contributed by atoms with E-state index < -0.39 is 11.9 Å². The third-order valence-electron chi connectivity index (χ3n) is 1.13. The number of hydrogen-bond acceptors (Lipinski definition) is 2. The van der Waals surface area contributed by atoms with Gasteiger partial charge in [0.25, 0.3) is 0 Å². The molecule has 3 N–H and O–H groups in total. The van der Waals surface area contributed by atoms with Gasteiger partial charge < -0.3 is 11.1 Å². The molecule has 5 heteroatoms. The minimum absolute atomic E-state index is 0.208. The topological polar surface area (TPSA) is 72.2 Å². The zero-order valence-corrected chi connectivity index (χ0v) is 7.02. The lowest BCUT2D eigenvalue weighted by molar-refractivity contribution is -0.126. The highest BCUT2D eigenvalue weighted by Gasteiger charge is 2.10. The van der Waals surface area contributed by atoms with Gasteiger partial charge in [0.05, 0.1) is 0 Å². The number of rotatable bonds is 4. The summed E-state index contributed by atoms with van der Waals surface area (Å²) in [5.74, 6) is -0.559. The number of amides is 2. The Bertz CT molecular complexity index is 161. The first-order chi connectivity index (χ1) is 5.07. The number of carbonyl (C=O) groups is 2. The van der Waals surface area contributed by atoms with Crippen LogP contribution < -0.4 is 11.1 Å². The summed E-state index contributed by atoms with van der Waals surface area (Å²) < 4.78 is 0. The molecule has 1 atom stereocenters. The second kappa shape index (κ2) is 4.96. The van der Waals surface area contributed by atoms with Gasteiger partial charge >= 0.3 is 0 Å². The maximum absolute atomic E-state index is 10.8. The van der Waals surface area contributed by atoms with Crippen LogP contribution in [-0.4, -0.2) is 23.7 Å². The maximum atomic E-state index is 10.8. The Morgan fingerprint density at radius 2 is 2.18 bits per heavy atom. The first-order valence-corrected chi connectivity index (χ1v) is 3.76. The van der Waals surface area contributed by atoms with Crippen molar-refractivity contribution in [1.82, 2.24) is 5.32 Å². The van der Waals surface area contributed by atoms with Crippen LogP contribution in [-0.2, 0) is 9.59 Å². The summed E-state index contributed by atoms with van der Waals surface area (Å²) in [6.45, 7) is 1.52. The summed E-state index contributed by atoms with van der Waals surface area (Å²) in [4.78, 5) is 21.2. The Morgan fingerprint density at radius 1 is 1.64 bits per heavy atom. The highest BCUT2D eigenvalue weighted by atomic mass is 35.5. The third kappa shape index (κ3) is 4.61. The molecule has 4 nitrogen and oxygen atoms in total. The van der Waals surface area contributed by atoms with Crippen LogP contribution in [0.1, 0.15) is 13.3 Å². The van der Waals surface area contributed by atoms with Crippen molar-refractivity contribution in [1.29, 1.82) is 0 Å². The molecule has 0 aliphatic heterocycles. The molecule has 0 bridgehead atoms. The summed E-state index contributed by atoms with van der Waals surface area (Å²) in [6, 6.07) is -0.620. The van der Waals surface area contributed by atoms with E-state index >= 15 is 0 Å². The molecule has 0 spiro atoms. The van der Waals surface area contributed by atoms with E-state index in [0.717, 1.165) is 0 Å². The van der Waals surface area contributed by atoms with Crippen LogP contribution in [0.3, 0.4) is 0 Å². The first kappa shape index (κ1) is 10.2. The largest absolute Gasteiger partial charge is 0.368 e. The highest BCUT2D eigenvalue weighted by Crippen LogP contribution is 1.86. The molecule has 2 amide bonds. The summed E-state index contributed by atoms with van der Waals surface area (Å²) in [6.07, 6.45) is 0.208. The smallest absolute Gasteiger partial charge is 0.239 e. The lowest BCUT2D eigenvalue weighted by Gasteiger charge is -2.08. The molecule has 0 aliphatic carbocycles. The van der Waals surface area contributed by atoms with Crippen molar-refractivity contribution in [3.63, 3.8) is 0 Å². The van der Waals surface area contributed by atoms with Crippen LogP contribution in [0.15, 0.2) is 0 Å². The molecule has 0 aromatic heterocycles. The Hall–Kier alpha value is -0.770. The average Bonchev–Trinajstić information content (AvgIpc) is 1.87. The van der Waals surface area contributed by atoms with Gasteiger partial charge in [0.2, 0.25) is 11.8 Å². The van der Waals surface area contributed by atoms with Crippen molar-refractivity contribution >= 4 is 23.4 Å². The van der Waals surface area contributed by atoms with E-state index in [-0.39, 0.29) is 18.2 Å². The molecule has 0 unspecified atom stereocenters. The molecule has 0 rings (SSSR count). The zero-order valence-electron chi connectivity index (χ0n) is 6.26. The molecular formula is C6H11ClN2O2. The van der Waals surface area contributed by atoms with Gasteiger partial charge in [-0.15, -0.1) is 11.6 Å². The fourth-order valence-electron chi connectivity index (χ4n) is 0.471. The van der Waals surface area contributed by atoms with E-state index in [0.29, 0.717) is 0 Å². The van der Waals surface area contributed by atoms with E-state index in [4.69, 9.17) is 17.3 Å². The van der Waals surface area contributed by atoms with E-state index in [9.17, 15) is 9.59 Å².